The zero-order valence-corrected chi connectivity index (χ0v) is 12.1. The van der Waals surface area contributed by atoms with Gasteiger partial charge in [0.05, 0.1) is 16.6 Å². The number of aromatic nitrogens is 2. The summed E-state index contributed by atoms with van der Waals surface area (Å²) in [5, 5.41) is 2.71. The SMILES string of the molecule is O=C(COc1ncnc2ccccc12)Nc1ccc(F)c(F)c1F. The van der Waals surface area contributed by atoms with E-state index in [2.05, 4.69) is 15.3 Å². The first-order valence-corrected chi connectivity index (χ1v) is 6.82. The van der Waals surface area contributed by atoms with Gasteiger partial charge in [-0.15, -0.1) is 0 Å². The molecule has 0 bridgehead atoms. The number of rotatable bonds is 4. The number of carbonyl (C=O) groups excluding carboxylic acids is 1. The number of hydrogen-bond donors (Lipinski definition) is 1. The van der Waals surface area contributed by atoms with E-state index in [1.54, 1.807) is 24.3 Å². The van der Waals surface area contributed by atoms with Crippen molar-refractivity contribution >= 4 is 22.5 Å². The third-order valence-corrected chi connectivity index (χ3v) is 3.16. The number of hydrogen-bond acceptors (Lipinski definition) is 4. The van der Waals surface area contributed by atoms with Crippen molar-refractivity contribution in [2.45, 2.75) is 0 Å². The Balaban J connectivity index is 1.71. The lowest BCUT2D eigenvalue weighted by Crippen LogP contribution is -2.21. The molecule has 0 radical (unpaired) electrons. The summed E-state index contributed by atoms with van der Waals surface area (Å²) < 4.78 is 44.8. The number of anilines is 1. The predicted octanol–water partition coefficient (Wildman–Crippen LogP) is 3.06. The molecule has 1 heterocycles. The van der Waals surface area contributed by atoms with Crippen molar-refractivity contribution < 1.29 is 22.7 Å². The molecule has 0 aliphatic carbocycles. The van der Waals surface area contributed by atoms with Gasteiger partial charge < -0.3 is 10.1 Å². The molecule has 1 amide bonds. The summed E-state index contributed by atoms with van der Waals surface area (Å²) in [6.07, 6.45) is 1.28. The van der Waals surface area contributed by atoms with Gasteiger partial charge in [0.15, 0.2) is 24.1 Å². The molecule has 0 atom stereocenters. The molecule has 122 valence electrons. The summed E-state index contributed by atoms with van der Waals surface area (Å²) in [7, 11) is 0. The van der Waals surface area contributed by atoms with Crippen LogP contribution in [-0.2, 0) is 4.79 Å². The minimum absolute atomic E-state index is 0.182. The Labute approximate surface area is 134 Å². The molecule has 1 N–H and O–H groups in total. The molecule has 8 heteroatoms. The fourth-order valence-corrected chi connectivity index (χ4v) is 2.04. The number of amides is 1. The van der Waals surface area contributed by atoms with Gasteiger partial charge in [-0.25, -0.2) is 23.1 Å². The minimum atomic E-state index is -1.66. The number of benzene rings is 2. The molecule has 0 fully saturated rings. The second-order valence-electron chi connectivity index (χ2n) is 4.76. The minimum Gasteiger partial charge on any atom is -0.467 e. The molecule has 0 saturated heterocycles. The van der Waals surface area contributed by atoms with E-state index >= 15 is 0 Å². The number of nitrogens with zero attached hydrogens (tertiary/aromatic N) is 2. The highest BCUT2D eigenvalue weighted by Gasteiger charge is 2.15. The van der Waals surface area contributed by atoms with Gasteiger partial charge >= 0.3 is 0 Å². The number of halogens is 3. The topological polar surface area (TPSA) is 64.1 Å². The quantitative estimate of drug-likeness (QED) is 0.745. The van der Waals surface area contributed by atoms with E-state index in [-0.39, 0.29) is 5.88 Å². The maximum Gasteiger partial charge on any atom is 0.262 e. The van der Waals surface area contributed by atoms with Gasteiger partial charge in [-0.05, 0) is 24.3 Å². The summed E-state index contributed by atoms with van der Waals surface area (Å²) in [4.78, 5) is 19.8. The highest BCUT2D eigenvalue weighted by atomic mass is 19.2. The molecule has 1 aromatic heterocycles. The summed E-state index contributed by atoms with van der Waals surface area (Å²) in [6.45, 7) is -0.487. The van der Waals surface area contributed by atoms with Crippen LogP contribution < -0.4 is 10.1 Å². The van der Waals surface area contributed by atoms with Crippen LogP contribution in [0.2, 0.25) is 0 Å². The molecule has 0 saturated carbocycles. The van der Waals surface area contributed by atoms with Crippen LogP contribution in [0.5, 0.6) is 5.88 Å². The number of ether oxygens (including phenoxy) is 1. The maximum absolute atomic E-state index is 13.5. The predicted molar refractivity (Wildman–Crippen MR) is 80.0 cm³/mol. The number of carbonyl (C=O) groups is 1. The lowest BCUT2D eigenvalue weighted by molar-refractivity contribution is -0.118. The fraction of sp³-hybridized carbons (Fsp3) is 0.0625. The first-order valence-electron chi connectivity index (χ1n) is 6.82. The van der Waals surface area contributed by atoms with Crippen LogP contribution in [-0.4, -0.2) is 22.5 Å². The first-order chi connectivity index (χ1) is 11.6. The van der Waals surface area contributed by atoms with Crippen molar-refractivity contribution in [2.24, 2.45) is 0 Å². The number of para-hydroxylation sites is 1. The highest BCUT2D eigenvalue weighted by Crippen LogP contribution is 2.21. The monoisotopic (exact) mass is 333 g/mol. The van der Waals surface area contributed by atoms with Gasteiger partial charge in [-0.2, -0.15) is 0 Å². The van der Waals surface area contributed by atoms with Crippen LogP contribution in [0.1, 0.15) is 0 Å². The zero-order valence-electron chi connectivity index (χ0n) is 12.1. The second-order valence-corrected chi connectivity index (χ2v) is 4.76. The summed E-state index contributed by atoms with van der Waals surface area (Å²) in [5.74, 6) is -5.04. The van der Waals surface area contributed by atoms with Crippen LogP contribution in [0.25, 0.3) is 10.9 Å². The summed E-state index contributed by atoms with van der Waals surface area (Å²) in [5.41, 5.74) is 0.157. The van der Waals surface area contributed by atoms with Crippen LogP contribution in [0, 0.1) is 17.5 Å². The lowest BCUT2D eigenvalue weighted by Gasteiger charge is -2.09. The molecular formula is C16H10F3N3O2. The molecule has 24 heavy (non-hydrogen) atoms. The van der Waals surface area contributed by atoms with E-state index < -0.39 is 35.7 Å². The Morgan fingerprint density at radius 1 is 1.04 bits per heavy atom. The third kappa shape index (κ3) is 3.12. The van der Waals surface area contributed by atoms with E-state index in [0.717, 1.165) is 6.07 Å². The van der Waals surface area contributed by atoms with Crippen LogP contribution in [0.4, 0.5) is 18.9 Å². The number of nitrogens with one attached hydrogen (secondary N) is 1. The largest absolute Gasteiger partial charge is 0.467 e. The van der Waals surface area contributed by atoms with Crippen molar-refractivity contribution in [3.05, 3.63) is 60.2 Å². The molecule has 0 aliphatic heterocycles. The van der Waals surface area contributed by atoms with Gasteiger partial charge in [-0.3, -0.25) is 4.79 Å². The Morgan fingerprint density at radius 2 is 1.83 bits per heavy atom. The second kappa shape index (κ2) is 6.53. The molecule has 0 unspecified atom stereocenters. The standard InChI is InChI=1S/C16H10F3N3O2/c17-10-5-6-12(15(19)14(10)18)22-13(23)7-24-16-9-3-1-2-4-11(9)20-8-21-16/h1-6,8H,7H2,(H,22,23). The van der Waals surface area contributed by atoms with E-state index in [4.69, 9.17) is 4.74 Å². The number of fused-ring (bicyclic) bond motifs is 1. The molecule has 2 aromatic carbocycles. The van der Waals surface area contributed by atoms with Gasteiger partial charge in [-0.1, -0.05) is 12.1 Å². The molecular weight excluding hydrogens is 323 g/mol. The van der Waals surface area contributed by atoms with Gasteiger partial charge in [0.25, 0.3) is 5.91 Å². The van der Waals surface area contributed by atoms with E-state index in [1.807, 2.05) is 0 Å². The smallest absolute Gasteiger partial charge is 0.262 e. The molecule has 3 rings (SSSR count). The van der Waals surface area contributed by atoms with Gasteiger partial charge in [0.1, 0.15) is 6.33 Å². The normalized spacial score (nSPS) is 10.6. The molecule has 3 aromatic rings. The Hall–Kier alpha value is -3.16. The van der Waals surface area contributed by atoms with Gasteiger partial charge in [0.2, 0.25) is 5.88 Å². The average Bonchev–Trinajstić information content (AvgIpc) is 2.60. The van der Waals surface area contributed by atoms with Crippen molar-refractivity contribution in [1.82, 2.24) is 9.97 Å². The van der Waals surface area contributed by atoms with Gasteiger partial charge in [0, 0.05) is 0 Å². The fourth-order valence-electron chi connectivity index (χ4n) is 2.04. The summed E-state index contributed by atoms with van der Waals surface area (Å²) in [6, 6.07) is 8.66. The summed E-state index contributed by atoms with van der Waals surface area (Å²) >= 11 is 0. The Kier molecular flexibility index (Phi) is 4.28. The van der Waals surface area contributed by atoms with Crippen LogP contribution in [0.3, 0.4) is 0 Å². The molecule has 5 nitrogen and oxygen atoms in total. The van der Waals surface area contributed by atoms with Crippen molar-refractivity contribution in [2.75, 3.05) is 11.9 Å². The Bertz CT molecular complexity index is 913. The van der Waals surface area contributed by atoms with E-state index in [0.29, 0.717) is 17.0 Å². The molecule has 0 aliphatic rings. The van der Waals surface area contributed by atoms with E-state index in [1.165, 1.54) is 6.33 Å². The van der Waals surface area contributed by atoms with Crippen molar-refractivity contribution in [3.63, 3.8) is 0 Å². The van der Waals surface area contributed by atoms with Crippen LogP contribution >= 0.6 is 0 Å². The zero-order chi connectivity index (χ0) is 17.1. The molecule has 0 spiro atoms. The first kappa shape index (κ1) is 15.7. The van der Waals surface area contributed by atoms with Crippen LogP contribution in [0.15, 0.2) is 42.7 Å². The average molecular weight is 333 g/mol. The highest BCUT2D eigenvalue weighted by molar-refractivity contribution is 5.92. The van der Waals surface area contributed by atoms with Crippen molar-refractivity contribution in [1.29, 1.82) is 0 Å². The van der Waals surface area contributed by atoms with Crippen molar-refractivity contribution in [3.8, 4) is 5.88 Å². The third-order valence-electron chi connectivity index (χ3n) is 3.16. The van der Waals surface area contributed by atoms with E-state index in [9.17, 15) is 18.0 Å². The lowest BCUT2D eigenvalue weighted by atomic mass is 10.2. The Morgan fingerprint density at radius 3 is 2.67 bits per heavy atom. The maximum atomic E-state index is 13.5.